The van der Waals surface area contributed by atoms with Crippen molar-refractivity contribution in [1.29, 1.82) is 0 Å². The molecule has 0 spiro atoms. The number of hydrogen-bond donors (Lipinski definition) is 1. The highest BCUT2D eigenvalue weighted by Crippen LogP contribution is 2.26. The first-order valence-corrected chi connectivity index (χ1v) is 6.81. The smallest absolute Gasteiger partial charge is 0.254 e. The van der Waals surface area contributed by atoms with Gasteiger partial charge in [-0.15, -0.1) is 0 Å². The number of ether oxygens (including phenoxy) is 2. The van der Waals surface area contributed by atoms with Gasteiger partial charge in [-0.05, 0) is 25.0 Å². The highest BCUT2D eigenvalue weighted by Gasteiger charge is 2.31. The Kier molecular flexibility index (Phi) is 4.44. The van der Waals surface area contributed by atoms with Gasteiger partial charge in [0.25, 0.3) is 5.91 Å². The first-order valence-electron chi connectivity index (χ1n) is 6.40. The van der Waals surface area contributed by atoms with Gasteiger partial charge in [0.15, 0.2) is 0 Å². The van der Waals surface area contributed by atoms with E-state index in [0.717, 1.165) is 12.8 Å². The van der Waals surface area contributed by atoms with Crippen molar-refractivity contribution in [2.24, 2.45) is 5.73 Å². The molecule has 1 aromatic carbocycles. The molecular weight excluding hydrogens is 276 g/mol. The topological polar surface area (TPSA) is 64.8 Å². The minimum Gasteiger partial charge on any atom is -0.497 e. The Bertz CT molecular complexity index is 511. The molecule has 0 aromatic heterocycles. The van der Waals surface area contributed by atoms with E-state index in [9.17, 15) is 4.79 Å². The summed E-state index contributed by atoms with van der Waals surface area (Å²) in [6.45, 7) is 0.667. The van der Waals surface area contributed by atoms with Gasteiger partial charge < -0.3 is 20.1 Å². The highest BCUT2D eigenvalue weighted by atomic mass is 32.1. The third-order valence-corrected chi connectivity index (χ3v) is 3.71. The maximum absolute atomic E-state index is 12.6. The Morgan fingerprint density at radius 1 is 1.30 bits per heavy atom. The second kappa shape index (κ2) is 6.09. The summed E-state index contributed by atoms with van der Waals surface area (Å²) < 4.78 is 10.4. The molecule has 1 unspecified atom stereocenters. The van der Waals surface area contributed by atoms with Crippen LogP contribution < -0.4 is 15.2 Å². The zero-order chi connectivity index (χ0) is 14.7. The molecule has 1 saturated heterocycles. The lowest BCUT2D eigenvalue weighted by Crippen LogP contribution is -2.42. The summed E-state index contributed by atoms with van der Waals surface area (Å²) in [4.78, 5) is 14.7. The summed E-state index contributed by atoms with van der Waals surface area (Å²) >= 11 is 5.03. The molecule has 6 heteroatoms. The van der Waals surface area contributed by atoms with Crippen molar-refractivity contribution in [1.82, 2.24) is 4.90 Å². The number of nitrogens with two attached hydrogens (primary N) is 1. The number of rotatable bonds is 4. The second-order valence-corrected chi connectivity index (χ2v) is 5.13. The zero-order valence-electron chi connectivity index (χ0n) is 11.6. The SMILES string of the molecule is COc1cc(OC)cc(C(=O)N2CCCC2C(N)=S)c1. The van der Waals surface area contributed by atoms with Crippen LogP contribution in [0, 0.1) is 0 Å². The third kappa shape index (κ3) is 2.85. The highest BCUT2D eigenvalue weighted by molar-refractivity contribution is 7.80. The molecule has 1 fully saturated rings. The summed E-state index contributed by atoms with van der Waals surface area (Å²) in [5, 5.41) is 0. The Balaban J connectivity index is 2.30. The number of carbonyl (C=O) groups is 1. The standard InChI is InChI=1S/C14H18N2O3S/c1-18-10-6-9(7-11(8-10)19-2)14(17)16-5-3-4-12(16)13(15)20/h6-8,12H,3-5H2,1-2H3,(H2,15,20). The van der Waals surface area contributed by atoms with Crippen LogP contribution in [0.15, 0.2) is 18.2 Å². The molecule has 1 aromatic rings. The first-order chi connectivity index (χ1) is 9.56. The molecule has 1 heterocycles. The average Bonchev–Trinajstić information content (AvgIpc) is 2.95. The van der Waals surface area contributed by atoms with E-state index in [2.05, 4.69) is 0 Å². The minimum absolute atomic E-state index is 0.0995. The molecular formula is C14H18N2O3S. The van der Waals surface area contributed by atoms with Gasteiger partial charge in [-0.1, -0.05) is 12.2 Å². The normalized spacial score (nSPS) is 17.9. The molecule has 2 rings (SSSR count). The lowest BCUT2D eigenvalue weighted by atomic mass is 10.1. The fraction of sp³-hybridized carbons (Fsp3) is 0.429. The van der Waals surface area contributed by atoms with Gasteiger partial charge in [-0.3, -0.25) is 4.79 Å². The fourth-order valence-corrected chi connectivity index (χ4v) is 2.65. The van der Waals surface area contributed by atoms with Crippen molar-refractivity contribution in [3.63, 3.8) is 0 Å². The first kappa shape index (κ1) is 14.6. The number of thiocarbonyl (C=S) groups is 1. The summed E-state index contributed by atoms with van der Waals surface area (Å²) in [6.07, 6.45) is 1.73. The van der Waals surface area contributed by atoms with Crippen LogP contribution in [0.25, 0.3) is 0 Å². The van der Waals surface area contributed by atoms with Crippen LogP contribution in [-0.2, 0) is 0 Å². The summed E-state index contributed by atoms with van der Waals surface area (Å²) in [7, 11) is 3.10. The van der Waals surface area contributed by atoms with Crippen molar-refractivity contribution >= 4 is 23.1 Å². The fourth-order valence-electron chi connectivity index (χ4n) is 2.40. The zero-order valence-corrected chi connectivity index (χ0v) is 12.4. The van der Waals surface area contributed by atoms with Gasteiger partial charge >= 0.3 is 0 Å². The third-order valence-electron chi connectivity index (χ3n) is 3.44. The predicted molar refractivity (Wildman–Crippen MR) is 80.4 cm³/mol. The molecule has 1 aliphatic heterocycles. The monoisotopic (exact) mass is 294 g/mol. The Labute approximate surface area is 123 Å². The Morgan fingerprint density at radius 3 is 2.40 bits per heavy atom. The molecule has 1 amide bonds. The van der Waals surface area contributed by atoms with Crippen molar-refractivity contribution < 1.29 is 14.3 Å². The van der Waals surface area contributed by atoms with Crippen LogP contribution >= 0.6 is 12.2 Å². The lowest BCUT2D eigenvalue weighted by molar-refractivity contribution is 0.0769. The lowest BCUT2D eigenvalue weighted by Gasteiger charge is -2.24. The average molecular weight is 294 g/mol. The van der Waals surface area contributed by atoms with Crippen molar-refractivity contribution in [3.05, 3.63) is 23.8 Å². The van der Waals surface area contributed by atoms with Gasteiger partial charge in [0.1, 0.15) is 11.5 Å². The van der Waals surface area contributed by atoms with Gasteiger partial charge in [-0.2, -0.15) is 0 Å². The maximum Gasteiger partial charge on any atom is 0.254 e. The predicted octanol–water partition coefficient (Wildman–Crippen LogP) is 1.59. The van der Waals surface area contributed by atoms with E-state index in [1.54, 1.807) is 37.3 Å². The van der Waals surface area contributed by atoms with Crippen LogP contribution in [0.4, 0.5) is 0 Å². The molecule has 108 valence electrons. The largest absolute Gasteiger partial charge is 0.497 e. The van der Waals surface area contributed by atoms with Gasteiger partial charge in [0, 0.05) is 18.2 Å². The van der Waals surface area contributed by atoms with Crippen molar-refractivity contribution in [2.45, 2.75) is 18.9 Å². The minimum atomic E-state index is -0.158. The van der Waals surface area contributed by atoms with E-state index < -0.39 is 0 Å². The second-order valence-electron chi connectivity index (χ2n) is 4.66. The Hall–Kier alpha value is -1.82. The summed E-state index contributed by atoms with van der Waals surface area (Å²) in [6, 6.07) is 4.96. The molecule has 0 aliphatic carbocycles. The number of carbonyl (C=O) groups excluding carboxylic acids is 1. The van der Waals surface area contributed by atoms with Crippen LogP contribution in [-0.4, -0.2) is 42.6 Å². The van der Waals surface area contributed by atoms with E-state index >= 15 is 0 Å². The number of hydrogen-bond acceptors (Lipinski definition) is 4. The molecule has 0 radical (unpaired) electrons. The molecule has 5 nitrogen and oxygen atoms in total. The van der Waals surface area contributed by atoms with E-state index in [1.165, 1.54) is 0 Å². The summed E-state index contributed by atoms with van der Waals surface area (Å²) in [5.74, 6) is 1.06. The van der Waals surface area contributed by atoms with Crippen molar-refractivity contribution in [2.75, 3.05) is 20.8 Å². The molecule has 1 aliphatic rings. The maximum atomic E-state index is 12.6. The number of benzene rings is 1. The van der Waals surface area contributed by atoms with Crippen LogP contribution in [0.3, 0.4) is 0 Å². The molecule has 1 atom stereocenters. The van der Waals surface area contributed by atoms with Gasteiger partial charge in [0.2, 0.25) is 0 Å². The summed E-state index contributed by atoms with van der Waals surface area (Å²) in [5.41, 5.74) is 6.22. The van der Waals surface area contributed by atoms with E-state index in [0.29, 0.717) is 28.6 Å². The number of nitrogens with zero attached hydrogens (tertiary/aromatic N) is 1. The molecule has 20 heavy (non-hydrogen) atoms. The molecule has 2 N–H and O–H groups in total. The number of methoxy groups -OCH3 is 2. The van der Waals surface area contributed by atoms with Gasteiger partial charge in [-0.25, -0.2) is 0 Å². The molecule has 0 bridgehead atoms. The van der Waals surface area contributed by atoms with Crippen LogP contribution in [0.5, 0.6) is 11.5 Å². The quantitative estimate of drug-likeness (QED) is 0.854. The van der Waals surface area contributed by atoms with Crippen LogP contribution in [0.1, 0.15) is 23.2 Å². The van der Waals surface area contributed by atoms with E-state index in [-0.39, 0.29) is 11.9 Å². The van der Waals surface area contributed by atoms with Crippen molar-refractivity contribution in [3.8, 4) is 11.5 Å². The van der Waals surface area contributed by atoms with E-state index in [1.807, 2.05) is 0 Å². The van der Waals surface area contributed by atoms with E-state index in [4.69, 9.17) is 27.4 Å². The number of likely N-dealkylation sites (tertiary alicyclic amines) is 1. The number of amides is 1. The Morgan fingerprint density at radius 2 is 1.90 bits per heavy atom. The van der Waals surface area contributed by atoms with Gasteiger partial charge in [0.05, 0.1) is 25.2 Å². The molecule has 0 saturated carbocycles. The van der Waals surface area contributed by atoms with Crippen LogP contribution in [0.2, 0.25) is 0 Å².